The molecule has 0 aliphatic carbocycles. The van der Waals surface area contributed by atoms with E-state index < -0.39 is 0 Å². The summed E-state index contributed by atoms with van der Waals surface area (Å²) >= 11 is 6.16. The molecule has 110 valence electrons. The van der Waals surface area contributed by atoms with Gasteiger partial charge in [0, 0.05) is 10.6 Å². The number of carbonyl (C=O) groups excluding carboxylic acids is 1. The number of rotatable bonds is 5. The van der Waals surface area contributed by atoms with Crippen LogP contribution in [0.25, 0.3) is 0 Å². The van der Waals surface area contributed by atoms with Crippen LogP contribution in [0.4, 0.5) is 0 Å². The molecule has 0 aliphatic heterocycles. The van der Waals surface area contributed by atoms with E-state index in [1.54, 1.807) is 0 Å². The van der Waals surface area contributed by atoms with Gasteiger partial charge in [-0.05, 0) is 43.1 Å². The Morgan fingerprint density at radius 1 is 1.19 bits per heavy atom. The van der Waals surface area contributed by atoms with Crippen LogP contribution in [-0.2, 0) is 6.42 Å². The van der Waals surface area contributed by atoms with Gasteiger partial charge in [-0.2, -0.15) is 0 Å². The zero-order valence-corrected chi connectivity index (χ0v) is 12.7. The first-order chi connectivity index (χ1) is 10.1. The largest absolute Gasteiger partial charge is 0.345 e. The molecule has 4 heteroatoms. The van der Waals surface area contributed by atoms with Gasteiger partial charge in [-0.25, -0.2) is 0 Å². The van der Waals surface area contributed by atoms with Crippen molar-refractivity contribution >= 4 is 17.5 Å². The third-order valence-electron chi connectivity index (χ3n) is 3.39. The van der Waals surface area contributed by atoms with E-state index in [1.165, 1.54) is 0 Å². The van der Waals surface area contributed by atoms with Crippen molar-refractivity contribution in [1.82, 2.24) is 5.32 Å². The van der Waals surface area contributed by atoms with Crippen molar-refractivity contribution in [2.45, 2.75) is 19.4 Å². The summed E-state index contributed by atoms with van der Waals surface area (Å²) in [5, 5.41) is 3.64. The van der Waals surface area contributed by atoms with E-state index >= 15 is 0 Å². The second-order valence-electron chi connectivity index (χ2n) is 4.91. The zero-order chi connectivity index (χ0) is 15.2. The molecule has 1 amide bonds. The van der Waals surface area contributed by atoms with Crippen LogP contribution >= 0.6 is 11.6 Å². The van der Waals surface area contributed by atoms with Crippen molar-refractivity contribution < 1.29 is 4.79 Å². The fraction of sp³-hybridized carbons (Fsp3) is 0.235. The van der Waals surface area contributed by atoms with Crippen molar-refractivity contribution in [2.75, 3.05) is 6.54 Å². The molecule has 1 atom stereocenters. The molecule has 2 rings (SSSR count). The van der Waals surface area contributed by atoms with Gasteiger partial charge < -0.3 is 11.1 Å². The fourth-order valence-electron chi connectivity index (χ4n) is 2.29. The Kier molecular flexibility index (Phi) is 5.37. The highest BCUT2D eigenvalue weighted by atomic mass is 35.5. The summed E-state index contributed by atoms with van der Waals surface area (Å²) in [6.45, 7) is 2.44. The summed E-state index contributed by atoms with van der Waals surface area (Å²) in [6.07, 6.45) is 0.685. The first-order valence-electron chi connectivity index (χ1n) is 6.96. The van der Waals surface area contributed by atoms with Crippen LogP contribution < -0.4 is 11.1 Å². The molecule has 2 aromatic carbocycles. The lowest BCUT2D eigenvalue weighted by atomic mass is 10.0. The summed E-state index contributed by atoms with van der Waals surface area (Å²) in [4.78, 5) is 12.4. The van der Waals surface area contributed by atoms with E-state index in [9.17, 15) is 4.79 Å². The average Bonchev–Trinajstić information content (AvgIpc) is 2.48. The van der Waals surface area contributed by atoms with Crippen LogP contribution in [0.3, 0.4) is 0 Å². The number of hydrogen-bond donors (Lipinski definition) is 2. The number of hydrogen-bond acceptors (Lipinski definition) is 2. The van der Waals surface area contributed by atoms with Crippen molar-refractivity contribution in [3.63, 3.8) is 0 Å². The Morgan fingerprint density at radius 3 is 2.57 bits per heavy atom. The standard InChI is InChI=1S/C17H19ClN2O/c1-12(14-7-4-5-9-16(14)18)20-17(21)15-8-3-2-6-13(15)10-11-19/h2-9,12H,10-11,19H2,1H3,(H,20,21)/t12-/m0/s1. The Labute approximate surface area is 130 Å². The lowest BCUT2D eigenvalue weighted by Crippen LogP contribution is -2.28. The minimum absolute atomic E-state index is 0.105. The Balaban J connectivity index is 2.17. The quantitative estimate of drug-likeness (QED) is 0.890. The number of halogens is 1. The lowest BCUT2D eigenvalue weighted by Gasteiger charge is -2.17. The van der Waals surface area contributed by atoms with Gasteiger partial charge in [0.25, 0.3) is 5.91 Å². The third kappa shape index (κ3) is 3.84. The summed E-state index contributed by atoms with van der Waals surface area (Å²) in [5.74, 6) is -0.105. The Hall–Kier alpha value is -1.84. The summed E-state index contributed by atoms with van der Waals surface area (Å²) < 4.78 is 0. The van der Waals surface area contributed by atoms with Gasteiger partial charge >= 0.3 is 0 Å². The van der Waals surface area contributed by atoms with Crippen molar-refractivity contribution in [2.24, 2.45) is 5.73 Å². The van der Waals surface area contributed by atoms with Crippen molar-refractivity contribution in [3.05, 3.63) is 70.2 Å². The Bertz CT molecular complexity index is 628. The maximum Gasteiger partial charge on any atom is 0.252 e. The van der Waals surface area contributed by atoms with Gasteiger partial charge in [-0.3, -0.25) is 4.79 Å². The molecule has 0 aliphatic rings. The number of nitrogens with two attached hydrogens (primary N) is 1. The van der Waals surface area contributed by atoms with Crippen LogP contribution in [0.5, 0.6) is 0 Å². The minimum atomic E-state index is -0.155. The molecule has 0 radical (unpaired) electrons. The molecule has 0 saturated heterocycles. The molecule has 0 unspecified atom stereocenters. The molecule has 0 bridgehead atoms. The highest BCUT2D eigenvalue weighted by Crippen LogP contribution is 2.22. The van der Waals surface area contributed by atoms with Gasteiger partial charge in [0.15, 0.2) is 0 Å². The minimum Gasteiger partial charge on any atom is -0.345 e. The van der Waals surface area contributed by atoms with Crippen molar-refractivity contribution in [1.29, 1.82) is 0 Å². The first kappa shape index (κ1) is 15.5. The highest BCUT2D eigenvalue weighted by molar-refractivity contribution is 6.31. The molecular weight excluding hydrogens is 284 g/mol. The van der Waals surface area contributed by atoms with Crippen LogP contribution in [0, 0.1) is 0 Å². The molecule has 21 heavy (non-hydrogen) atoms. The molecule has 3 N–H and O–H groups in total. The van der Waals surface area contributed by atoms with Crippen LogP contribution in [0.1, 0.15) is 34.5 Å². The second-order valence-corrected chi connectivity index (χ2v) is 5.32. The number of benzene rings is 2. The number of carbonyl (C=O) groups is 1. The average molecular weight is 303 g/mol. The molecule has 0 spiro atoms. The van der Waals surface area contributed by atoms with Gasteiger partial charge in [0.1, 0.15) is 0 Å². The highest BCUT2D eigenvalue weighted by Gasteiger charge is 2.15. The molecular formula is C17H19ClN2O. The zero-order valence-electron chi connectivity index (χ0n) is 12.0. The predicted octanol–water partition coefficient (Wildman–Crippen LogP) is 3.33. The monoisotopic (exact) mass is 302 g/mol. The van der Waals surface area contributed by atoms with Gasteiger partial charge in [-0.1, -0.05) is 48.0 Å². The summed E-state index contributed by atoms with van der Waals surface area (Å²) in [7, 11) is 0. The number of amides is 1. The molecule has 0 fully saturated rings. The molecule has 2 aromatic rings. The molecule has 0 aromatic heterocycles. The topological polar surface area (TPSA) is 55.1 Å². The van der Waals surface area contributed by atoms with E-state index in [0.717, 1.165) is 11.1 Å². The van der Waals surface area contributed by atoms with Gasteiger partial charge in [0.2, 0.25) is 0 Å². The van der Waals surface area contributed by atoms with E-state index in [4.69, 9.17) is 17.3 Å². The number of nitrogens with one attached hydrogen (secondary N) is 1. The normalized spacial score (nSPS) is 12.0. The predicted molar refractivity (Wildman–Crippen MR) is 86.5 cm³/mol. The molecule has 3 nitrogen and oxygen atoms in total. The fourth-order valence-corrected chi connectivity index (χ4v) is 2.59. The summed E-state index contributed by atoms with van der Waals surface area (Å²) in [6, 6.07) is 14.9. The van der Waals surface area contributed by atoms with Crippen LogP contribution in [0.2, 0.25) is 5.02 Å². The summed E-state index contributed by atoms with van der Waals surface area (Å²) in [5.41, 5.74) is 8.13. The van der Waals surface area contributed by atoms with Gasteiger partial charge in [-0.15, -0.1) is 0 Å². The second kappa shape index (κ2) is 7.25. The smallest absolute Gasteiger partial charge is 0.252 e. The van der Waals surface area contributed by atoms with E-state index in [1.807, 2.05) is 55.5 Å². The lowest BCUT2D eigenvalue weighted by molar-refractivity contribution is 0.0939. The molecule has 0 heterocycles. The third-order valence-corrected chi connectivity index (χ3v) is 3.74. The molecule has 0 saturated carbocycles. The maximum atomic E-state index is 12.4. The van der Waals surface area contributed by atoms with E-state index in [-0.39, 0.29) is 11.9 Å². The van der Waals surface area contributed by atoms with Crippen LogP contribution in [0.15, 0.2) is 48.5 Å². The van der Waals surface area contributed by atoms with Crippen molar-refractivity contribution in [3.8, 4) is 0 Å². The van der Waals surface area contributed by atoms with Gasteiger partial charge in [0.05, 0.1) is 6.04 Å². The van der Waals surface area contributed by atoms with E-state index in [0.29, 0.717) is 23.6 Å². The van der Waals surface area contributed by atoms with E-state index in [2.05, 4.69) is 5.32 Å². The Morgan fingerprint density at radius 2 is 1.86 bits per heavy atom. The first-order valence-corrected chi connectivity index (χ1v) is 7.34. The maximum absolute atomic E-state index is 12.4. The SMILES string of the molecule is C[C@H](NC(=O)c1ccccc1CCN)c1ccccc1Cl. The van der Waals surface area contributed by atoms with Crippen LogP contribution in [-0.4, -0.2) is 12.5 Å².